The minimum absolute atomic E-state index is 0.259. The van der Waals surface area contributed by atoms with Crippen molar-refractivity contribution in [3.8, 4) is 0 Å². The molecule has 0 spiro atoms. The molecule has 1 aliphatic heterocycles. The maximum atomic E-state index is 11.3. The highest BCUT2D eigenvalue weighted by Crippen LogP contribution is 2.19. The van der Waals surface area contributed by atoms with Gasteiger partial charge in [-0.1, -0.05) is 6.92 Å². The average Bonchev–Trinajstić information content (AvgIpc) is 2.29. The van der Waals surface area contributed by atoms with E-state index in [-0.39, 0.29) is 12.3 Å². The quantitative estimate of drug-likeness (QED) is 0.382. The Bertz CT molecular complexity index is 261. The Morgan fingerprint density at radius 1 is 1.29 bits per heavy atom. The molecular formula is C10H19NO6. The zero-order valence-corrected chi connectivity index (χ0v) is 9.61. The van der Waals surface area contributed by atoms with E-state index in [1.165, 1.54) is 0 Å². The van der Waals surface area contributed by atoms with E-state index in [0.29, 0.717) is 6.42 Å². The first-order chi connectivity index (χ1) is 8.01. The number of ether oxygens (including phenoxy) is 1. The summed E-state index contributed by atoms with van der Waals surface area (Å²) in [5.74, 6) is -0.339. The molecule has 100 valence electrons. The van der Waals surface area contributed by atoms with Crippen LogP contribution in [0.3, 0.4) is 0 Å². The van der Waals surface area contributed by atoms with Gasteiger partial charge in [0.15, 0.2) is 6.29 Å². The molecule has 1 saturated heterocycles. The molecule has 17 heavy (non-hydrogen) atoms. The van der Waals surface area contributed by atoms with Crippen LogP contribution in [0.15, 0.2) is 0 Å². The summed E-state index contributed by atoms with van der Waals surface area (Å²) in [7, 11) is 0. The zero-order valence-electron chi connectivity index (χ0n) is 9.61. The summed E-state index contributed by atoms with van der Waals surface area (Å²) in [6, 6.07) is -1.09. The van der Waals surface area contributed by atoms with Gasteiger partial charge in [0.05, 0.1) is 6.61 Å². The fourth-order valence-corrected chi connectivity index (χ4v) is 1.74. The molecule has 1 fully saturated rings. The number of aliphatic hydroxyl groups excluding tert-OH is 4. The van der Waals surface area contributed by atoms with Crippen molar-refractivity contribution in [3.05, 3.63) is 0 Å². The lowest BCUT2D eigenvalue weighted by Gasteiger charge is -2.40. The number of hydrogen-bond acceptors (Lipinski definition) is 6. The normalized spacial score (nSPS) is 37.8. The van der Waals surface area contributed by atoms with Gasteiger partial charge in [0.2, 0.25) is 5.91 Å². The van der Waals surface area contributed by atoms with Crippen LogP contribution in [-0.2, 0) is 9.53 Å². The molecule has 0 aromatic carbocycles. The summed E-state index contributed by atoms with van der Waals surface area (Å²) in [4.78, 5) is 11.3. The maximum absolute atomic E-state index is 11.3. The van der Waals surface area contributed by atoms with E-state index >= 15 is 0 Å². The predicted octanol–water partition coefficient (Wildman–Crippen LogP) is -2.30. The van der Waals surface area contributed by atoms with Gasteiger partial charge >= 0.3 is 0 Å². The van der Waals surface area contributed by atoms with Gasteiger partial charge in [-0.15, -0.1) is 0 Å². The topological polar surface area (TPSA) is 119 Å². The molecule has 1 aliphatic rings. The molecule has 0 aliphatic carbocycles. The molecule has 0 unspecified atom stereocenters. The number of carbonyl (C=O) groups is 1. The Morgan fingerprint density at radius 2 is 1.94 bits per heavy atom. The molecule has 1 heterocycles. The van der Waals surface area contributed by atoms with Crippen LogP contribution >= 0.6 is 0 Å². The molecule has 7 heteroatoms. The van der Waals surface area contributed by atoms with Gasteiger partial charge in [-0.25, -0.2) is 0 Å². The minimum Gasteiger partial charge on any atom is -0.394 e. The fraction of sp³-hybridized carbons (Fsp3) is 0.900. The van der Waals surface area contributed by atoms with Gasteiger partial charge in [-0.2, -0.15) is 0 Å². The molecule has 7 nitrogen and oxygen atoms in total. The van der Waals surface area contributed by atoms with Gasteiger partial charge in [-0.3, -0.25) is 4.79 Å². The third-order valence-corrected chi connectivity index (χ3v) is 2.70. The van der Waals surface area contributed by atoms with E-state index in [2.05, 4.69) is 5.32 Å². The second kappa shape index (κ2) is 6.27. The first-order valence-electron chi connectivity index (χ1n) is 5.61. The first kappa shape index (κ1) is 14.3. The van der Waals surface area contributed by atoms with E-state index in [1.807, 2.05) is 6.92 Å². The number of amides is 1. The molecule has 0 aromatic heterocycles. The van der Waals surface area contributed by atoms with Crippen molar-refractivity contribution in [3.63, 3.8) is 0 Å². The van der Waals surface area contributed by atoms with Crippen molar-refractivity contribution in [2.45, 2.75) is 50.4 Å². The Balaban J connectivity index is 2.63. The Hall–Kier alpha value is -0.730. The Morgan fingerprint density at radius 3 is 2.47 bits per heavy atom. The van der Waals surface area contributed by atoms with Crippen molar-refractivity contribution >= 4 is 5.91 Å². The van der Waals surface area contributed by atoms with Gasteiger partial charge in [0, 0.05) is 6.42 Å². The Labute approximate surface area is 99.0 Å². The lowest BCUT2D eigenvalue weighted by Crippen LogP contribution is -2.64. The largest absolute Gasteiger partial charge is 0.394 e. The van der Waals surface area contributed by atoms with E-state index in [1.54, 1.807) is 0 Å². The van der Waals surface area contributed by atoms with Gasteiger partial charge in [0.1, 0.15) is 24.4 Å². The van der Waals surface area contributed by atoms with E-state index in [0.717, 1.165) is 0 Å². The summed E-state index contributed by atoms with van der Waals surface area (Å²) in [6.45, 7) is 1.30. The van der Waals surface area contributed by atoms with Crippen LogP contribution in [0.2, 0.25) is 0 Å². The number of nitrogens with one attached hydrogen (secondary N) is 1. The van der Waals surface area contributed by atoms with Crippen LogP contribution < -0.4 is 5.32 Å². The molecule has 5 atom stereocenters. The highest BCUT2D eigenvalue weighted by atomic mass is 16.6. The summed E-state index contributed by atoms with van der Waals surface area (Å²) in [5, 5.41) is 40.1. The monoisotopic (exact) mass is 249 g/mol. The van der Waals surface area contributed by atoms with Crippen molar-refractivity contribution in [1.29, 1.82) is 0 Å². The van der Waals surface area contributed by atoms with Crippen LogP contribution in [0.4, 0.5) is 0 Å². The van der Waals surface area contributed by atoms with Gasteiger partial charge in [0.25, 0.3) is 0 Å². The van der Waals surface area contributed by atoms with Gasteiger partial charge in [-0.05, 0) is 6.42 Å². The molecule has 0 saturated carbocycles. The third kappa shape index (κ3) is 3.36. The SMILES string of the molecule is CCCC(=O)N[C@H]1[C@H](O)[C@H](O)[C@H](CO)O[C@@H]1O. The smallest absolute Gasteiger partial charge is 0.220 e. The van der Waals surface area contributed by atoms with Crippen molar-refractivity contribution in [2.24, 2.45) is 0 Å². The summed E-state index contributed by atoms with van der Waals surface area (Å²) < 4.78 is 4.89. The molecule has 1 rings (SSSR count). The highest BCUT2D eigenvalue weighted by molar-refractivity contribution is 5.76. The second-order valence-corrected chi connectivity index (χ2v) is 4.07. The second-order valence-electron chi connectivity index (χ2n) is 4.07. The standard InChI is InChI=1S/C10H19NO6/c1-2-3-6(13)11-7-9(15)8(14)5(4-12)17-10(7)16/h5,7-10,12,14-16H,2-4H2,1H3,(H,11,13)/t5-,7-,8+,9-,10-/m0/s1. The van der Waals surface area contributed by atoms with Crippen LogP contribution in [0.25, 0.3) is 0 Å². The number of carbonyl (C=O) groups excluding carboxylic acids is 1. The number of aliphatic hydroxyl groups is 4. The average molecular weight is 249 g/mol. The number of rotatable bonds is 4. The minimum atomic E-state index is -1.45. The van der Waals surface area contributed by atoms with Crippen LogP contribution in [0.1, 0.15) is 19.8 Å². The molecular weight excluding hydrogens is 230 g/mol. The predicted molar refractivity (Wildman–Crippen MR) is 56.8 cm³/mol. The van der Waals surface area contributed by atoms with Crippen LogP contribution in [-0.4, -0.2) is 63.6 Å². The van der Waals surface area contributed by atoms with Crippen LogP contribution in [0.5, 0.6) is 0 Å². The van der Waals surface area contributed by atoms with Crippen molar-refractivity contribution in [2.75, 3.05) is 6.61 Å². The maximum Gasteiger partial charge on any atom is 0.220 e. The fourth-order valence-electron chi connectivity index (χ4n) is 1.74. The summed E-state index contributed by atoms with van der Waals surface area (Å²) in [6.07, 6.45) is -4.35. The van der Waals surface area contributed by atoms with Crippen LogP contribution in [0, 0.1) is 0 Å². The lowest BCUT2D eigenvalue weighted by atomic mass is 9.97. The van der Waals surface area contributed by atoms with E-state index in [4.69, 9.17) is 9.84 Å². The third-order valence-electron chi connectivity index (χ3n) is 2.70. The van der Waals surface area contributed by atoms with E-state index < -0.39 is 37.3 Å². The van der Waals surface area contributed by atoms with Gasteiger partial charge < -0.3 is 30.5 Å². The molecule has 0 bridgehead atoms. The summed E-state index contributed by atoms with van der Waals surface area (Å²) >= 11 is 0. The molecule has 1 amide bonds. The van der Waals surface area contributed by atoms with E-state index in [9.17, 15) is 20.1 Å². The molecule has 0 aromatic rings. The Kier molecular flexibility index (Phi) is 5.29. The highest BCUT2D eigenvalue weighted by Gasteiger charge is 2.44. The number of hydrogen-bond donors (Lipinski definition) is 5. The molecule has 5 N–H and O–H groups in total. The molecule has 0 radical (unpaired) electrons. The summed E-state index contributed by atoms with van der Waals surface area (Å²) in [5.41, 5.74) is 0. The first-order valence-corrected chi connectivity index (χ1v) is 5.61. The van der Waals surface area contributed by atoms with Crippen molar-refractivity contribution in [1.82, 2.24) is 5.32 Å². The zero-order chi connectivity index (χ0) is 13.0. The lowest BCUT2D eigenvalue weighted by molar-refractivity contribution is -0.253. The van der Waals surface area contributed by atoms with Crippen molar-refractivity contribution < 1.29 is 30.0 Å².